The van der Waals surface area contributed by atoms with Crippen LogP contribution in [0.3, 0.4) is 0 Å². The summed E-state index contributed by atoms with van der Waals surface area (Å²) in [6.45, 7) is 7.12. The van der Waals surface area contributed by atoms with E-state index < -0.39 is 30.1 Å². The van der Waals surface area contributed by atoms with Crippen LogP contribution in [0.5, 0.6) is 0 Å². The van der Waals surface area contributed by atoms with Crippen LogP contribution in [-0.2, 0) is 9.47 Å². The van der Waals surface area contributed by atoms with Gasteiger partial charge in [0.1, 0.15) is 11.7 Å². The van der Waals surface area contributed by atoms with Gasteiger partial charge in [0, 0.05) is 6.42 Å². The molecule has 19 heavy (non-hydrogen) atoms. The van der Waals surface area contributed by atoms with Gasteiger partial charge in [0.05, 0.1) is 12.2 Å². The van der Waals surface area contributed by atoms with E-state index in [9.17, 15) is 15.0 Å². The summed E-state index contributed by atoms with van der Waals surface area (Å²) in [5, 5.41) is 19.6. The van der Waals surface area contributed by atoms with Gasteiger partial charge in [-0.3, -0.25) is 0 Å². The van der Waals surface area contributed by atoms with Crippen LogP contribution >= 0.6 is 0 Å². The molecule has 0 saturated heterocycles. The smallest absolute Gasteiger partial charge is 0.429 e. The summed E-state index contributed by atoms with van der Waals surface area (Å²) in [5.41, 5.74) is -0.617. The lowest BCUT2D eigenvalue weighted by atomic mass is 9.91. The van der Waals surface area contributed by atoms with E-state index in [4.69, 9.17) is 9.47 Å². The first-order valence-electron chi connectivity index (χ1n) is 6.61. The minimum absolute atomic E-state index is 0.0512. The van der Waals surface area contributed by atoms with E-state index in [1.165, 1.54) is 0 Å². The third kappa shape index (κ3) is 6.07. The van der Waals surface area contributed by atoms with Crippen LogP contribution in [0.2, 0.25) is 0 Å². The maximum Gasteiger partial charge on any atom is 0.509 e. The zero-order valence-corrected chi connectivity index (χ0v) is 12.0. The van der Waals surface area contributed by atoms with Crippen molar-refractivity contribution in [3.05, 3.63) is 12.2 Å². The molecule has 0 heterocycles. The van der Waals surface area contributed by atoms with E-state index in [0.29, 0.717) is 12.8 Å². The molecule has 5 heteroatoms. The van der Waals surface area contributed by atoms with Crippen molar-refractivity contribution >= 4 is 6.16 Å². The molecule has 0 aromatic rings. The molecule has 110 valence electrons. The maximum absolute atomic E-state index is 11.6. The van der Waals surface area contributed by atoms with Crippen LogP contribution in [0.25, 0.3) is 0 Å². The van der Waals surface area contributed by atoms with Gasteiger partial charge in [-0.1, -0.05) is 13.0 Å². The van der Waals surface area contributed by atoms with Gasteiger partial charge >= 0.3 is 6.16 Å². The van der Waals surface area contributed by atoms with Gasteiger partial charge < -0.3 is 19.7 Å². The highest BCUT2D eigenvalue weighted by Gasteiger charge is 2.26. The molecular formula is C14H24O5. The average molecular weight is 272 g/mol. The second kappa shape index (κ2) is 6.39. The first kappa shape index (κ1) is 16.0. The molecule has 4 atom stereocenters. The number of carbonyl (C=O) groups excluding carboxylic acids is 1. The van der Waals surface area contributed by atoms with Crippen LogP contribution in [0, 0.1) is 5.92 Å². The highest BCUT2D eigenvalue weighted by atomic mass is 16.7. The van der Waals surface area contributed by atoms with Crippen molar-refractivity contribution in [2.24, 2.45) is 5.92 Å². The molecule has 0 aromatic carbocycles. The summed E-state index contributed by atoms with van der Waals surface area (Å²) in [6, 6.07) is 0. The molecule has 5 nitrogen and oxygen atoms in total. The molecule has 0 amide bonds. The van der Waals surface area contributed by atoms with E-state index in [1.54, 1.807) is 32.9 Å². The van der Waals surface area contributed by atoms with Gasteiger partial charge in [-0.2, -0.15) is 0 Å². The van der Waals surface area contributed by atoms with Crippen molar-refractivity contribution in [1.82, 2.24) is 0 Å². The lowest BCUT2D eigenvalue weighted by molar-refractivity contribution is -0.0324. The van der Waals surface area contributed by atoms with Crippen LogP contribution in [0.4, 0.5) is 4.79 Å². The monoisotopic (exact) mass is 272 g/mol. The van der Waals surface area contributed by atoms with Gasteiger partial charge in [0.2, 0.25) is 0 Å². The predicted octanol–water partition coefficient (Wildman–Crippen LogP) is 2.01. The van der Waals surface area contributed by atoms with Crippen molar-refractivity contribution < 1.29 is 24.5 Å². The second-order valence-corrected chi connectivity index (χ2v) is 6.09. The summed E-state index contributed by atoms with van der Waals surface area (Å²) in [6.07, 6.45) is 1.41. The Morgan fingerprint density at radius 2 is 1.84 bits per heavy atom. The van der Waals surface area contributed by atoms with Gasteiger partial charge in [-0.25, -0.2) is 4.79 Å². The SMILES string of the molecule is CC1CC(O)/C=C/C(OC(=O)OC(C)(C)C)CC1O. The van der Waals surface area contributed by atoms with Crippen molar-refractivity contribution in [2.75, 3.05) is 0 Å². The molecule has 1 rings (SSSR count). The molecule has 0 bridgehead atoms. The van der Waals surface area contributed by atoms with Crippen molar-refractivity contribution in [1.29, 1.82) is 0 Å². The summed E-state index contributed by atoms with van der Waals surface area (Å²) in [7, 11) is 0. The fraction of sp³-hybridized carbons (Fsp3) is 0.786. The molecule has 0 fully saturated rings. The number of aliphatic hydroxyl groups excluding tert-OH is 2. The Bertz CT molecular complexity index is 331. The molecule has 1 aliphatic carbocycles. The first-order valence-corrected chi connectivity index (χ1v) is 6.61. The maximum atomic E-state index is 11.6. The zero-order valence-electron chi connectivity index (χ0n) is 12.0. The number of ether oxygens (including phenoxy) is 2. The van der Waals surface area contributed by atoms with E-state index in [0.717, 1.165) is 0 Å². The standard InChI is InChI=1S/C14H24O5/c1-9-7-10(15)5-6-11(8-12(9)16)18-13(17)19-14(2,3)4/h5-6,9-12,15-16H,7-8H2,1-4H3/b6-5+. The molecule has 4 unspecified atom stereocenters. The quantitative estimate of drug-likeness (QED) is 0.564. The zero-order chi connectivity index (χ0) is 14.6. The molecule has 2 N–H and O–H groups in total. The summed E-state index contributed by atoms with van der Waals surface area (Å²) in [5.74, 6) is -0.0512. The number of aliphatic hydroxyl groups is 2. The van der Waals surface area contributed by atoms with Gasteiger partial charge in [-0.05, 0) is 39.2 Å². The first-order chi connectivity index (χ1) is 8.67. The Morgan fingerprint density at radius 1 is 1.21 bits per heavy atom. The summed E-state index contributed by atoms with van der Waals surface area (Å²) in [4.78, 5) is 11.6. The van der Waals surface area contributed by atoms with Crippen LogP contribution in [0.1, 0.15) is 40.5 Å². The van der Waals surface area contributed by atoms with Crippen molar-refractivity contribution in [3.8, 4) is 0 Å². The minimum atomic E-state index is -0.767. The minimum Gasteiger partial charge on any atom is -0.429 e. The van der Waals surface area contributed by atoms with Gasteiger partial charge in [0.15, 0.2) is 0 Å². The molecule has 1 aliphatic rings. The Hall–Kier alpha value is -1.07. The Balaban J connectivity index is 2.63. The molecule has 0 aromatic heterocycles. The lowest BCUT2D eigenvalue weighted by Gasteiger charge is -2.27. The third-order valence-corrected chi connectivity index (χ3v) is 2.93. The van der Waals surface area contributed by atoms with Crippen LogP contribution < -0.4 is 0 Å². The predicted molar refractivity (Wildman–Crippen MR) is 70.7 cm³/mol. The molecule has 0 radical (unpaired) electrons. The van der Waals surface area contributed by atoms with Crippen molar-refractivity contribution in [3.63, 3.8) is 0 Å². The second-order valence-electron chi connectivity index (χ2n) is 6.09. The number of rotatable bonds is 1. The molecule has 0 aliphatic heterocycles. The normalized spacial score (nSPS) is 34.0. The van der Waals surface area contributed by atoms with E-state index >= 15 is 0 Å². The van der Waals surface area contributed by atoms with Crippen LogP contribution in [-0.4, -0.2) is 40.3 Å². The Labute approximate surface area is 114 Å². The third-order valence-electron chi connectivity index (χ3n) is 2.93. The largest absolute Gasteiger partial charge is 0.509 e. The van der Waals surface area contributed by atoms with E-state index in [-0.39, 0.29) is 5.92 Å². The highest BCUT2D eigenvalue weighted by molar-refractivity contribution is 5.61. The fourth-order valence-electron chi connectivity index (χ4n) is 1.90. The number of hydrogen-bond donors (Lipinski definition) is 2. The van der Waals surface area contributed by atoms with Gasteiger partial charge in [-0.15, -0.1) is 0 Å². The molecule has 0 spiro atoms. The summed E-state index contributed by atoms with van der Waals surface area (Å²) >= 11 is 0. The highest BCUT2D eigenvalue weighted by Crippen LogP contribution is 2.21. The molecule has 0 saturated carbocycles. The van der Waals surface area contributed by atoms with Crippen LogP contribution in [0.15, 0.2) is 12.2 Å². The summed E-state index contributed by atoms with van der Waals surface area (Å²) < 4.78 is 10.2. The Morgan fingerprint density at radius 3 is 2.42 bits per heavy atom. The van der Waals surface area contributed by atoms with Crippen molar-refractivity contribution in [2.45, 2.75) is 64.4 Å². The topological polar surface area (TPSA) is 76.0 Å². The van der Waals surface area contributed by atoms with E-state index in [1.807, 2.05) is 6.92 Å². The fourth-order valence-corrected chi connectivity index (χ4v) is 1.90. The van der Waals surface area contributed by atoms with E-state index in [2.05, 4.69) is 0 Å². The number of hydrogen-bond acceptors (Lipinski definition) is 5. The van der Waals surface area contributed by atoms with Gasteiger partial charge in [0.25, 0.3) is 0 Å². The average Bonchev–Trinajstić information content (AvgIpc) is 2.21. The number of carbonyl (C=O) groups is 1. The lowest BCUT2D eigenvalue weighted by Crippen LogP contribution is -2.32. The molecular weight excluding hydrogens is 248 g/mol. The Kier molecular flexibility index (Phi) is 5.38.